The Kier molecular flexibility index (Phi) is 4.13. The van der Waals surface area contributed by atoms with Gasteiger partial charge in [-0.3, -0.25) is 9.59 Å². The molecule has 124 valence electrons. The number of nitrogens with zero attached hydrogens (tertiary/aromatic N) is 1. The number of benzene rings is 2. The molecule has 0 aliphatic carbocycles. The number of hydrogen-bond donors (Lipinski definition) is 0. The van der Waals surface area contributed by atoms with Gasteiger partial charge >= 0.3 is 6.18 Å². The summed E-state index contributed by atoms with van der Waals surface area (Å²) >= 11 is 1.32. The number of carbonyl (C=O) groups excluding carboxylic acids is 2. The van der Waals surface area contributed by atoms with Gasteiger partial charge in [-0.05, 0) is 30.0 Å². The molecule has 0 bridgehead atoms. The number of hydrogen-bond acceptors (Lipinski definition) is 3. The van der Waals surface area contributed by atoms with Gasteiger partial charge in [-0.25, -0.2) is 4.90 Å². The highest BCUT2D eigenvalue weighted by molar-refractivity contribution is 7.97. The van der Waals surface area contributed by atoms with Crippen LogP contribution in [0.15, 0.2) is 42.5 Å². The number of anilines is 1. The maximum absolute atomic E-state index is 13.4. The van der Waals surface area contributed by atoms with E-state index in [1.54, 1.807) is 18.4 Å². The van der Waals surface area contributed by atoms with E-state index in [2.05, 4.69) is 0 Å². The highest BCUT2D eigenvalue weighted by Gasteiger charge is 2.43. The number of alkyl halides is 3. The first-order valence-corrected chi connectivity index (χ1v) is 8.41. The molecule has 0 atom stereocenters. The van der Waals surface area contributed by atoms with Crippen LogP contribution in [0.25, 0.3) is 0 Å². The molecule has 24 heavy (non-hydrogen) atoms. The van der Waals surface area contributed by atoms with Gasteiger partial charge in [0, 0.05) is 5.75 Å². The first kappa shape index (κ1) is 16.6. The average molecular weight is 351 g/mol. The van der Waals surface area contributed by atoms with Gasteiger partial charge in [0.25, 0.3) is 11.8 Å². The summed E-state index contributed by atoms with van der Waals surface area (Å²) in [5, 5.41) is 0. The number of fused-ring (bicyclic) bond motifs is 1. The van der Waals surface area contributed by atoms with Crippen LogP contribution < -0.4 is 4.90 Å². The second kappa shape index (κ2) is 5.98. The van der Waals surface area contributed by atoms with E-state index in [1.165, 1.54) is 36.0 Å². The third-order valence-corrected chi connectivity index (χ3v) is 4.34. The lowest BCUT2D eigenvalue weighted by molar-refractivity contribution is -0.137. The molecule has 0 radical (unpaired) electrons. The van der Waals surface area contributed by atoms with Crippen molar-refractivity contribution in [2.75, 3.05) is 11.2 Å². The standard InChI is InChI=1S/C17H12F3NO2S/c1-24-9-10-5-4-8-13(17(18,19)20)14(10)21-15(22)11-6-2-3-7-12(11)16(21)23/h2-8H,9H2,1H3. The minimum absolute atomic E-state index is 0.120. The zero-order valence-corrected chi connectivity index (χ0v) is 13.4. The second-order valence-electron chi connectivity index (χ2n) is 5.24. The Labute approximate surface area is 140 Å². The Morgan fingerprint density at radius 3 is 2.04 bits per heavy atom. The summed E-state index contributed by atoms with van der Waals surface area (Å²) in [6.07, 6.45) is -2.93. The van der Waals surface area contributed by atoms with Gasteiger partial charge in [-0.15, -0.1) is 0 Å². The van der Waals surface area contributed by atoms with Crippen LogP contribution in [0.1, 0.15) is 31.8 Å². The quantitative estimate of drug-likeness (QED) is 0.771. The summed E-state index contributed by atoms with van der Waals surface area (Å²) in [7, 11) is 0. The fourth-order valence-corrected chi connectivity index (χ4v) is 3.29. The first-order chi connectivity index (χ1) is 11.4. The van der Waals surface area contributed by atoms with Crippen molar-refractivity contribution in [1.82, 2.24) is 0 Å². The summed E-state index contributed by atoms with van der Waals surface area (Å²) in [6, 6.07) is 9.72. The molecule has 3 nitrogen and oxygen atoms in total. The number of thioether (sulfide) groups is 1. The summed E-state index contributed by atoms with van der Waals surface area (Å²) in [5.41, 5.74) is -0.815. The SMILES string of the molecule is CSCc1cccc(C(F)(F)F)c1N1C(=O)c2ccccc2C1=O. The average Bonchev–Trinajstić information content (AvgIpc) is 2.79. The van der Waals surface area contributed by atoms with Crippen LogP contribution in [0.3, 0.4) is 0 Å². The number of halogens is 3. The monoisotopic (exact) mass is 351 g/mol. The third kappa shape index (κ3) is 2.58. The molecule has 2 amide bonds. The Bertz CT molecular complexity index is 798. The molecule has 2 aromatic carbocycles. The van der Waals surface area contributed by atoms with Gasteiger partial charge in [-0.1, -0.05) is 24.3 Å². The smallest absolute Gasteiger partial charge is 0.268 e. The number of para-hydroxylation sites is 1. The number of amides is 2. The van der Waals surface area contributed by atoms with Crippen LogP contribution in [0.5, 0.6) is 0 Å². The summed E-state index contributed by atoms with van der Waals surface area (Å²) < 4.78 is 40.3. The van der Waals surface area contributed by atoms with E-state index in [9.17, 15) is 22.8 Å². The molecule has 7 heteroatoms. The van der Waals surface area contributed by atoms with Crippen molar-refractivity contribution in [3.05, 3.63) is 64.7 Å². The fourth-order valence-electron chi connectivity index (χ4n) is 2.75. The lowest BCUT2D eigenvalue weighted by Crippen LogP contribution is -2.32. The second-order valence-corrected chi connectivity index (χ2v) is 6.10. The molecule has 0 saturated heterocycles. The normalized spacial score (nSPS) is 14.2. The van der Waals surface area contributed by atoms with Gasteiger partial charge in [-0.2, -0.15) is 24.9 Å². The van der Waals surface area contributed by atoms with E-state index in [-0.39, 0.29) is 22.6 Å². The highest BCUT2D eigenvalue weighted by Crippen LogP contribution is 2.42. The zero-order valence-electron chi connectivity index (χ0n) is 12.6. The van der Waals surface area contributed by atoms with Gasteiger partial charge in [0.1, 0.15) is 0 Å². The molecule has 0 saturated carbocycles. The zero-order chi connectivity index (χ0) is 17.5. The van der Waals surface area contributed by atoms with E-state index < -0.39 is 23.6 Å². The van der Waals surface area contributed by atoms with Gasteiger partial charge in [0.05, 0.1) is 22.4 Å². The van der Waals surface area contributed by atoms with Crippen molar-refractivity contribution < 1.29 is 22.8 Å². The summed E-state index contributed by atoms with van der Waals surface area (Å²) in [4.78, 5) is 25.8. The molecule has 2 aromatic rings. The highest BCUT2D eigenvalue weighted by atomic mass is 32.2. The van der Waals surface area contributed by atoms with Crippen LogP contribution in [0, 0.1) is 0 Å². The molecule has 3 rings (SSSR count). The largest absolute Gasteiger partial charge is 0.418 e. The summed E-state index contributed by atoms with van der Waals surface area (Å²) in [6.45, 7) is 0. The molecule has 1 aliphatic rings. The van der Waals surface area contributed by atoms with Crippen molar-refractivity contribution in [2.45, 2.75) is 11.9 Å². The van der Waals surface area contributed by atoms with Crippen LogP contribution in [0.2, 0.25) is 0 Å². The predicted molar refractivity (Wildman–Crippen MR) is 86.2 cm³/mol. The minimum atomic E-state index is -4.67. The molecular formula is C17H12F3NO2S. The van der Waals surface area contributed by atoms with E-state index in [0.29, 0.717) is 10.5 Å². The van der Waals surface area contributed by atoms with Crippen molar-refractivity contribution >= 4 is 29.3 Å². The third-order valence-electron chi connectivity index (χ3n) is 3.74. The maximum Gasteiger partial charge on any atom is 0.418 e. The lowest BCUT2D eigenvalue weighted by Gasteiger charge is -2.23. The fraction of sp³-hybridized carbons (Fsp3) is 0.176. The summed E-state index contributed by atoms with van der Waals surface area (Å²) in [5.74, 6) is -1.20. The van der Waals surface area contributed by atoms with E-state index in [4.69, 9.17) is 0 Å². The molecule has 0 spiro atoms. The number of carbonyl (C=O) groups is 2. The van der Waals surface area contributed by atoms with Gasteiger partial charge < -0.3 is 0 Å². The van der Waals surface area contributed by atoms with E-state index >= 15 is 0 Å². The Morgan fingerprint density at radius 2 is 1.54 bits per heavy atom. The Balaban J connectivity index is 2.23. The van der Waals surface area contributed by atoms with Crippen molar-refractivity contribution in [1.29, 1.82) is 0 Å². The first-order valence-electron chi connectivity index (χ1n) is 7.02. The number of imide groups is 1. The molecule has 1 aliphatic heterocycles. The van der Waals surface area contributed by atoms with Crippen molar-refractivity contribution in [3.8, 4) is 0 Å². The maximum atomic E-state index is 13.4. The Morgan fingerprint density at radius 1 is 0.958 bits per heavy atom. The molecule has 0 N–H and O–H groups in total. The molecular weight excluding hydrogens is 339 g/mol. The van der Waals surface area contributed by atoms with Crippen LogP contribution >= 0.6 is 11.8 Å². The van der Waals surface area contributed by atoms with Gasteiger partial charge in [0.15, 0.2) is 0 Å². The number of rotatable bonds is 3. The molecule has 1 heterocycles. The van der Waals surface area contributed by atoms with E-state index in [1.807, 2.05) is 0 Å². The molecule has 0 fully saturated rings. The van der Waals surface area contributed by atoms with Crippen molar-refractivity contribution in [2.24, 2.45) is 0 Å². The van der Waals surface area contributed by atoms with Crippen LogP contribution in [-0.2, 0) is 11.9 Å². The minimum Gasteiger partial charge on any atom is -0.268 e. The lowest BCUT2D eigenvalue weighted by atomic mass is 10.1. The van der Waals surface area contributed by atoms with Gasteiger partial charge in [0.2, 0.25) is 0 Å². The topological polar surface area (TPSA) is 37.4 Å². The molecule has 0 unspecified atom stereocenters. The molecule has 0 aromatic heterocycles. The van der Waals surface area contributed by atoms with Crippen LogP contribution in [0.4, 0.5) is 18.9 Å². The predicted octanol–water partition coefficient (Wildman–Crippen LogP) is 4.37. The van der Waals surface area contributed by atoms with Crippen molar-refractivity contribution in [3.63, 3.8) is 0 Å². The van der Waals surface area contributed by atoms with Crippen LogP contribution in [-0.4, -0.2) is 18.1 Å². The Hall–Kier alpha value is -2.28. The van der Waals surface area contributed by atoms with E-state index in [0.717, 1.165) is 6.07 Å².